The summed E-state index contributed by atoms with van der Waals surface area (Å²) in [4.78, 5) is 4.31. The zero-order valence-electron chi connectivity index (χ0n) is 9.48. The Morgan fingerprint density at radius 3 is 2.76 bits per heavy atom. The van der Waals surface area contributed by atoms with E-state index in [-0.39, 0.29) is 6.10 Å². The number of halogens is 1. The molecule has 1 aromatic heterocycles. The maximum Gasteiger partial charge on any atom is 0.138 e. The van der Waals surface area contributed by atoms with Crippen molar-refractivity contribution < 1.29 is 4.74 Å². The van der Waals surface area contributed by atoms with Gasteiger partial charge in [-0.15, -0.1) is 24.0 Å². The summed E-state index contributed by atoms with van der Waals surface area (Å²) in [7, 11) is 0. The minimum Gasteiger partial charge on any atom is -0.489 e. The van der Waals surface area contributed by atoms with Crippen LogP contribution >= 0.6 is 35.6 Å². The third-order valence-electron chi connectivity index (χ3n) is 2.03. The summed E-state index contributed by atoms with van der Waals surface area (Å²) in [6.07, 6.45) is 0.0967. The van der Waals surface area contributed by atoms with Gasteiger partial charge in [0.15, 0.2) is 0 Å². The quantitative estimate of drug-likeness (QED) is 0.837. The molecule has 0 bridgehead atoms. The third-order valence-corrected chi connectivity index (χ3v) is 3.64. The van der Waals surface area contributed by atoms with Gasteiger partial charge in [0.05, 0.1) is 11.1 Å². The van der Waals surface area contributed by atoms with E-state index in [0.717, 1.165) is 15.6 Å². The lowest BCUT2D eigenvalue weighted by molar-refractivity contribution is 0.242. The maximum atomic E-state index is 6.08. The van der Waals surface area contributed by atoms with Crippen molar-refractivity contribution in [1.82, 2.24) is 4.98 Å². The van der Waals surface area contributed by atoms with Crippen molar-refractivity contribution in [3.63, 3.8) is 0 Å². The van der Waals surface area contributed by atoms with E-state index >= 15 is 0 Å². The Morgan fingerprint density at radius 1 is 1.41 bits per heavy atom. The molecule has 0 atom stereocenters. The van der Waals surface area contributed by atoms with Gasteiger partial charge in [-0.1, -0.05) is 17.7 Å². The van der Waals surface area contributed by atoms with Crippen LogP contribution in [0.15, 0.2) is 28.6 Å². The second-order valence-electron chi connectivity index (χ2n) is 3.82. The fraction of sp³-hybridized carbons (Fsp3) is 0.250. The summed E-state index contributed by atoms with van der Waals surface area (Å²) in [6, 6.07) is 5.67. The molecule has 2 aromatic rings. The van der Waals surface area contributed by atoms with Gasteiger partial charge in [-0.2, -0.15) is 0 Å². The smallest absolute Gasteiger partial charge is 0.138 e. The number of hydrogen-bond acceptors (Lipinski definition) is 4. The van der Waals surface area contributed by atoms with Crippen LogP contribution in [0, 0.1) is 0 Å². The molecule has 5 heteroatoms. The lowest BCUT2D eigenvalue weighted by Gasteiger charge is -2.12. The van der Waals surface area contributed by atoms with E-state index in [1.807, 2.05) is 37.4 Å². The number of nitrogens with zero attached hydrogens (tertiary/aromatic N) is 1. The highest BCUT2D eigenvalue weighted by atomic mass is 35.5. The minimum absolute atomic E-state index is 0.0967. The summed E-state index contributed by atoms with van der Waals surface area (Å²) in [5.74, 6) is 0.690. The van der Waals surface area contributed by atoms with Crippen LogP contribution in [-0.2, 0) is 0 Å². The first-order valence-electron chi connectivity index (χ1n) is 5.17. The number of thiol groups is 1. The van der Waals surface area contributed by atoms with Gasteiger partial charge in [-0.3, -0.25) is 0 Å². The number of ether oxygens (including phenoxy) is 1. The number of rotatable bonds is 3. The average molecular weight is 286 g/mol. The zero-order chi connectivity index (χ0) is 12.4. The highest BCUT2D eigenvalue weighted by Crippen LogP contribution is 2.33. The van der Waals surface area contributed by atoms with Crippen LogP contribution in [-0.4, -0.2) is 11.1 Å². The van der Waals surface area contributed by atoms with Gasteiger partial charge in [0.2, 0.25) is 0 Å². The number of aromatic nitrogens is 1. The first-order valence-corrected chi connectivity index (χ1v) is 6.88. The van der Waals surface area contributed by atoms with Crippen LogP contribution in [0.5, 0.6) is 5.75 Å². The van der Waals surface area contributed by atoms with Crippen LogP contribution in [0.25, 0.3) is 10.6 Å². The van der Waals surface area contributed by atoms with E-state index in [1.165, 1.54) is 0 Å². The van der Waals surface area contributed by atoms with Crippen molar-refractivity contribution in [2.75, 3.05) is 0 Å². The molecule has 0 spiro atoms. The molecule has 0 N–H and O–H groups in total. The topological polar surface area (TPSA) is 22.1 Å². The van der Waals surface area contributed by atoms with Crippen LogP contribution in [0.4, 0.5) is 0 Å². The molecule has 2 rings (SSSR count). The Balaban J connectivity index is 2.36. The average Bonchev–Trinajstić information content (AvgIpc) is 2.67. The van der Waals surface area contributed by atoms with Crippen LogP contribution < -0.4 is 4.74 Å². The van der Waals surface area contributed by atoms with E-state index in [0.29, 0.717) is 10.8 Å². The summed E-state index contributed by atoms with van der Waals surface area (Å²) in [5, 5.41) is 4.16. The Kier molecular flexibility index (Phi) is 3.97. The van der Waals surface area contributed by atoms with Crippen molar-refractivity contribution in [2.24, 2.45) is 0 Å². The molecule has 0 saturated carbocycles. The molecule has 2 nitrogen and oxygen atoms in total. The number of hydrogen-bond donors (Lipinski definition) is 1. The van der Waals surface area contributed by atoms with Gasteiger partial charge in [0, 0.05) is 10.9 Å². The summed E-state index contributed by atoms with van der Waals surface area (Å²) in [6.45, 7) is 3.94. The molecule has 0 radical (unpaired) electrons. The predicted molar refractivity (Wildman–Crippen MR) is 75.6 cm³/mol. The predicted octanol–water partition coefficient (Wildman–Crippen LogP) is 4.54. The van der Waals surface area contributed by atoms with Gasteiger partial charge in [-0.05, 0) is 26.0 Å². The number of thiazole rings is 1. The molecule has 0 amide bonds. The second-order valence-corrected chi connectivity index (χ2v) is 5.55. The highest BCUT2D eigenvalue weighted by Gasteiger charge is 2.09. The SMILES string of the molecule is CC(C)Oc1cc(-c2nc(S)cs2)ccc1Cl. The molecule has 0 unspecified atom stereocenters. The van der Waals surface area contributed by atoms with Crippen molar-refractivity contribution in [1.29, 1.82) is 0 Å². The maximum absolute atomic E-state index is 6.08. The number of benzene rings is 1. The Labute approximate surface area is 115 Å². The van der Waals surface area contributed by atoms with E-state index < -0.39 is 0 Å². The van der Waals surface area contributed by atoms with E-state index in [4.69, 9.17) is 16.3 Å². The van der Waals surface area contributed by atoms with E-state index in [9.17, 15) is 0 Å². The van der Waals surface area contributed by atoms with E-state index in [1.54, 1.807) is 11.3 Å². The Bertz CT molecular complexity index is 525. The molecule has 0 fully saturated rings. The van der Waals surface area contributed by atoms with Gasteiger partial charge in [0.25, 0.3) is 0 Å². The molecule has 0 aliphatic carbocycles. The zero-order valence-corrected chi connectivity index (χ0v) is 11.9. The Morgan fingerprint density at radius 2 is 2.18 bits per heavy atom. The van der Waals surface area contributed by atoms with E-state index in [2.05, 4.69) is 17.6 Å². The fourth-order valence-electron chi connectivity index (χ4n) is 1.38. The normalized spacial score (nSPS) is 10.9. The summed E-state index contributed by atoms with van der Waals surface area (Å²) in [5.41, 5.74) is 0.996. The van der Waals surface area contributed by atoms with Gasteiger partial charge in [-0.25, -0.2) is 4.98 Å². The lowest BCUT2D eigenvalue weighted by Crippen LogP contribution is -2.05. The highest BCUT2D eigenvalue weighted by molar-refractivity contribution is 7.80. The lowest BCUT2D eigenvalue weighted by atomic mass is 10.2. The molecular formula is C12H12ClNOS2. The molecule has 1 heterocycles. The molecular weight excluding hydrogens is 274 g/mol. The molecule has 90 valence electrons. The van der Waals surface area contributed by atoms with Crippen molar-refractivity contribution in [3.8, 4) is 16.3 Å². The van der Waals surface area contributed by atoms with Gasteiger partial charge < -0.3 is 4.74 Å². The largest absolute Gasteiger partial charge is 0.489 e. The fourth-order valence-corrected chi connectivity index (χ4v) is 2.55. The first-order chi connectivity index (χ1) is 8.06. The third kappa shape index (κ3) is 3.15. The molecule has 0 aliphatic rings. The molecule has 1 aromatic carbocycles. The van der Waals surface area contributed by atoms with Crippen LogP contribution in [0.3, 0.4) is 0 Å². The molecule has 0 saturated heterocycles. The second kappa shape index (κ2) is 5.29. The van der Waals surface area contributed by atoms with Crippen LogP contribution in [0.2, 0.25) is 5.02 Å². The van der Waals surface area contributed by atoms with Gasteiger partial charge in [0.1, 0.15) is 15.8 Å². The van der Waals surface area contributed by atoms with Crippen LogP contribution in [0.1, 0.15) is 13.8 Å². The first kappa shape index (κ1) is 12.7. The van der Waals surface area contributed by atoms with Crippen molar-refractivity contribution >= 4 is 35.6 Å². The van der Waals surface area contributed by atoms with Gasteiger partial charge >= 0.3 is 0 Å². The summed E-state index contributed by atoms with van der Waals surface area (Å²) >= 11 is 11.8. The molecule has 17 heavy (non-hydrogen) atoms. The summed E-state index contributed by atoms with van der Waals surface area (Å²) < 4.78 is 5.64. The minimum atomic E-state index is 0.0967. The van der Waals surface area contributed by atoms with Crippen molar-refractivity contribution in [3.05, 3.63) is 28.6 Å². The standard InChI is InChI=1S/C12H12ClNOS2/c1-7(2)15-10-5-8(3-4-9(10)13)12-14-11(16)6-17-12/h3-7,16H,1-2H3. The Hall–Kier alpha value is -0.710. The monoisotopic (exact) mass is 285 g/mol. The van der Waals surface area contributed by atoms with Crippen molar-refractivity contribution in [2.45, 2.75) is 25.0 Å². The molecule has 0 aliphatic heterocycles.